The lowest BCUT2D eigenvalue weighted by molar-refractivity contribution is 0.146. The maximum absolute atomic E-state index is 12.3. The van der Waals surface area contributed by atoms with E-state index in [1.165, 1.54) is 18.7 Å². The first-order valence-electron chi connectivity index (χ1n) is 3.62. The quantitative estimate of drug-likeness (QED) is 0.609. The average molecular weight is 190 g/mol. The van der Waals surface area contributed by atoms with E-state index in [1.807, 2.05) is 0 Å². The molecule has 2 N–H and O–H groups in total. The molecule has 4 nitrogen and oxygen atoms in total. The van der Waals surface area contributed by atoms with Gasteiger partial charge in [0, 0.05) is 18.2 Å². The van der Waals surface area contributed by atoms with Crippen molar-refractivity contribution < 1.29 is 18.8 Å². The van der Waals surface area contributed by atoms with Crippen LogP contribution in [0.3, 0.4) is 0 Å². The molecule has 1 rings (SSSR count). The number of halogens is 2. The second kappa shape index (κ2) is 3.43. The van der Waals surface area contributed by atoms with Crippen molar-refractivity contribution in [2.75, 3.05) is 0 Å². The normalized spacial score (nSPS) is 11.0. The van der Waals surface area contributed by atoms with Crippen LogP contribution in [0.1, 0.15) is 17.8 Å². The molecule has 0 spiro atoms. The molecule has 0 bridgehead atoms. The third-order valence-corrected chi connectivity index (χ3v) is 1.87. The largest absolute Gasteiger partial charge is 0.492 e. The van der Waals surface area contributed by atoms with E-state index in [9.17, 15) is 8.78 Å². The van der Waals surface area contributed by atoms with Crippen molar-refractivity contribution in [3.63, 3.8) is 0 Å². The summed E-state index contributed by atoms with van der Waals surface area (Å²) in [4.78, 5) is 0. The molecule has 0 aliphatic carbocycles. The first kappa shape index (κ1) is 10.1. The molecule has 7 heteroatoms. The molecule has 1 aromatic heterocycles. The molecule has 1 aromatic rings. The Balaban J connectivity index is 3.27. The number of rotatable bonds is 2. The summed E-state index contributed by atoms with van der Waals surface area (Å²) in [7, 11) is -0.440. The van der Waals surface area contributed by atoms with Gasteiger partial charge in [-0.05, 0) is 6.92 Å². The summed E-state index contributed by atoms with van der Waals surface area (Å²) in [6.45, 7) is 1.49. The predicted molar refractivity (Wildman–Crippen MR) is 42.7 cm³/mol. The molecule has 0 amide bonds. The van der Waals surface area contributed by atoms with Gasteiger partial charge in [0.05, 0.1) is 0 Å². The van der Waals surface area contributed by atoms with Crippen molar-refractivity contribution in [2.24, 2.45) is 7.05 Å². The van der Waals surface area contributed by atoms with Crippen molar-refractivity contribution in [3.8, 4) is 0 Å². The van der Waals surface area contributed by atoms with E-state index in [-0.39, 0.29) is 5.46 Å². The summed E-state index contributed by atoms with van der Waals surface area (Å²) in [6.07, 6.45) is -2.79. The number of hydrogen-bond acceptors (Lipinski definition) is 3. The van der Waals surface area contributed by atoms with E-state index in [4.69, 9.17) is 10.0 Å². The van der Waals surface area contributed by atoms with Crippen molar-refractivity contribution in [3.05, 3.63) is 11.4 Å². The summed E-state index contributed by atoms with van der Waals surface area (Å²) < 4.78 is 25.8. The van der Waals surface area contributed by atoms with Gasteiger partial charge in [0.15, 0.2) is 0 Å². The van der Waals surface area contributed by atoms with Crippen LogP contribution in [0.15, 0.2) is 0 Å². The lowest BCUT2D eigenvalue weighted by Crippen LogP contribution is -2.34. The fourth-order valence-corrected chi connectivity index (χ4v) is 1.13. The number of aromatic nitrogens is 2. The van der Waals surface area contributed by atoms with Gasteiger partial charge in [-0.25, -0.2) is 8.78 Å². The maximum atomic E-state index is 12.3. The SMILES string of the molecule is Cc1c(B(O)O)c(C(F)F)nn1C. The molecular formula is C6H9BF2N2O2. The molecule has 72 valence electrons. The van der Waals surface area contributed by atoms with Crippen molar-refractivity contribution in [1.82, 2.24) is 9.78 Å². The monoisotopic (exact) mass is 190 g/mol. The van der Waals surface area contributed by atoms with Gasteiger partial charge in [-0.15, -0.1) is 0 Å². The highest BCUT2D eigenvalue weighted by Gasteiger charge is 2.28. The van der Waals surface area contributed by atoms with Gasteiger partial charge in [0.1, 0.15) is 5.69 Å². The van der Waals surface area contributed by atoms with Gasteiger partial charge in [0.2, 0.25) is 0 Å². The zero-order valence-corrected chi connectivity index (χ0v) is 7.20. The summed E-state index contributed by atoms with van der Waals surface area (Å²) >= 11 is 0. The highest BCUT2D eigenvalue weighted by atomic mass is 19.3. The third kappa shape index (κ3) is 1.71. The van der Waals surface area contributed by atoms with Crippen LogP contribution < -0.4 is 5.46 Å². The first-order chi connectivity index (χ1) is 5.95. The Kier molecular flexibility index (Phi) is 2.67. The van der Waals surface area contributed by atoms with Crippen LogP contribution in [-0.4, -0.2) is 26.9 Å². The minimum atomic E-state index is -2.79. The molecule has 1 heterocycles. The summed E-state index contributed by atoms with van der Waals surface area (Å²) in [5.74, 6) is 0. The Morgan fingerprint density at radius 3 is 2.31 bits per heavy atom. The van der Waals surface area contributed by atoms with Crippen molar-refractivity contribution >= 4 is 12.6 Å². The first-order valence-corrected chi connectivity index (χ1v) is 3.62. The smallest absolute Gasteiger partial charge is 0.423 e. The Morgan fingerprint density at radius 1 is 1.46 bits per heavy atom. The molecule has 0 saturated carbocycles. The molecule has 13 heavy (non-hydrogen) atoms. The molecule has 0 radical (unpaired) electrons. The second-order valence-corrected chi connectivity index (χ2v) is 2.68. The molecule has 0 atom stereocenters. The van der Waals surface area contributed by atoms with E-state index in [0.717, 1.165) is 0 Å². The molecule has 0 aliphatic rings. The fourth-order valence-electron chi connectivity index (χ4n) is 1.13. The topological polar surface area (TPSA) is 58.3 Å². The lowest BCUT2D eigenvalue weighted by Gasteiger charge is -2.00. The van der Waals surface area contributed by atoms with Crippen LogP contribution >= 0.6 is 0 Å². The van der Waals surface area contributed by atoms with Crippen LogP contribution in [0, 0.1) is 6.92 Å². The molecular weight excluding hydrogens is 181 g/mol. The zero-order chi connectivity index (χ0) is 10.2. The van der Waals surface area contributed by atoms with Crippen molar-refractivity contribution in [2.45, 2.75) is 13.3 Å². The summed E-state index contributed by atoms with van der Waals surface area (Å²) in [5.41, 5.74) is -0.460. The van der Waals surface area contributed by atoms with E-state index in [1.54, 1.807) is 0 Å². The zero-order valence-electron chi connectivity index (χ0n) is 7.20. The second-order valence-electron chi connectivity index (χ2n) is 2.68. The van der Waals surface area contributed by atoms with Gasteiger partial charge in [0.25, 0.3) is 6.43 Å². The van der Waals surface area contributed by atoms with Crippen LogP contribution in [-0.2, 0) is 7.05 Å². The minimum Gasteiger partial charge on any atom is -0.423 e. The third-order valence-electron chi connectivity index (χ3n) is 1.87. The van der Waals surface area contributed by atoms with E-state index in [0.29, 0.717) is 5.69 Å². The van der Waals surface area contributed by atoms with Gasteiger partial charge in [-0.2, -0.15) is 5.10 Å². The Hall–Kier alpha value is -0.945. The van der Waals surface area contributed by atoms with E-state index in [2.05, 4.69) is 5.10 Å². The van der Waals surface area contributed by atoms with Crippen LogP contribution in [0.5, 0.6) is 0 Å². The Morgan fingerprint density at radius 2 is 2.00 bits per heavy atom. The fraction of sp³-hybridized carbons (Fsp3) is 0.500. The Bertz CT molecular complexity index is 314. The highest BCUT2D eigenvalue weighted by Crippen LogP contribution is 2.15. The molecule has 0 aromatic carbocycles. The van der Waals surface area contributed by atoms with Gasteiger partial charge in [-0.1, -0.05) is 0 Å². The van der Waals surface area contributed by atoms with Gasteiger partial charge >= 0.3 is 7.12 Å². The minimum absolute atomic E-state index is 0.211. The molecule has 0 fully saturated rings. The van der Waals surface area contributed by atoms with Gasteiger partial charge in [-0.3, -0.25) is 4.68 Å². The number of hydrogen-bond donors (Lipinski definition) is 2. The van der Waals surface area contributed by atoms with Crippen LogP contribution in [0.4, 0.5) is 8.78 Å². The Labute approximate surface area is 73.9 Å². The molecule has 0 aliphatic heterocycles. The molecule has 0 unspecified atom stereocenters. The van der Waals surface area contributed by atoms with Crippen molar-refractivity contribution in [1.29, 1.82) is 0 Å². The van der Waals surface area contributed by atoms with Crippen LogP contribution in [0.2, 0.25) is 0 Å². The van der Waals surface area contributed by atoms with Crippen LogP contribution in [0.25, 0.3) is 0 Å². The highest BCUT2D eigenvalue weighted by molar-refractivity contribution is 6.59. The van der Waals surface area contributed by atoms with E-state index >= 15 is 0 Å². The number of nitrogens with zero attached hydrogens (tertiary/aromatic N) is 2. The maximum Gasteiger partial charge on any atom is 0.492 e. The number of aryl methyl sites for hydroxylation is 1. The predicted octanol–water partition coefficient (Wildman–Crippen LogP) is -0.654. The standard InChI is InChI=1S/C6H9BF2N2O2/c1-3-4(7(12)13)5(6(8)9)10-11(3)2/h6,12-13H,1-2H3. The summed E-state index contributed by atoms with van der Waals surface area (Å²) in [6, 6.07) is 0. The van der Waals surface area contributed by atoms with E-state index < -0.39 is 19.2 Å². The number of alkyl halides is 2. The summed E-state index contributed by atoms with van der Waals surface area (Å²) in [5, 5.41) is 21.1. The van der Waals surface area contributed by atoms with Gasteiger partial charge < -0.3 is 10.0 Å². The molecule has 0 saturated heterocycles. The average Bonchev–Trinajstić information content (AvgIpc) is 2.28. The lowest BCUT2D eigenvalue weighted by atomic mass is 9.78.